The van der Waals surface area contributed by atoms with E-state index in [0.717, 1.165) is 49.6 Å². The number of rotatable bonds is 7. The van der Waals surface area contributed by atoms with E-state index in [9.17, 15) is 19.6 Å². The molecule has 0 saturated carbocycles. The van der Waals surface area contributed by atoms with Crippen LogP contribution in [0.4, 0.5) is 4.79 Å². The summed E-state index contributed by atoms with van der Waals surface area (Å²) in [4.78, 5) is 44.1. The minimum Gasteiger partial charge on any atom is -0.444 e. The van der Waals surface area contributed by atoms with Crippen molar-refractivity contribution in [1.29, 1.82) is 5.26 Å². The molecular weight excluding hydrogens is 494 g/mol. The molecule has 0 aliphatic carbocycles. The van der Waals surface area contributed by atoms with Crippen molar-refractivity contribution in [1.82, 2.24) is 19.3 Å². The van der Waals surface area contributed by atoms with E-state index in [4.69, 9.17) is 4.74 Å². The molecule has 3 heterocycles. The van der Waals surface area contributed by atoms with Gasteiger partial charge in [0.15, 0.2) is 0 Å². The second kappa shape index (κ2) is 11.7. The van der Waals surface area contributed by atoms with E-state index in [1.54, 1.807) is 32.7 Å². The monoisotopic (exact) mass is 535 g/mol. The van der Waals surface area contributed by atoms with Crippen molar-refractivity contribution in [3.8, 4) is 6.07 Å². The normalized spacial score (nSPS) is 19.4. The second-order valence-corrected chi connectivity index (χ2v) is 11.7. The summed E-state index contributed by atoms with van der Waals surface area (Å²) in [6.07, 6.45) is 4.49. The van der Waals surface area contributed by atoms with Crippen molar-refractivity contribution >= 4 is 28.8 Å². The summed E-state index contributed by atoms with van der Waals surface area (Å²) >= 11 is 0. The molecule has 0 spiro atoms. The average molecular weight is 536 g/mol. The van der Waals surface area contributed by atoms with Gasteiger partial charge in [-0.15, -0.1) is 0 Å². The number of hydrogen-bond acceptors (Lipinski definition) is 5. The van der Waals surface area contributed by atoms with Crippen molar-refractivity contribution in [3.63, 3.8) is 0 Å². The Hall–Kier alpha value is -3.54. The largest absolute Gasteiger partial charge is 0.444 e. The smallest absolute Gasteiger partial charge is 0.410 e. The number of fused-ring (bicyclic) bond motifs is 1. The lowest BCUT2D eigenvalue weighted by atomic mass is 10.1. The topological polar surface area (TPSA) is 98.9 Å². The highest BCUT2D eigenvalue weighted by molar-refractivity contribution is 5.90. The molecule has 2 fully saturated rings. The SMILES string of the molecule is CCn1c(CCC2CCCN2C(=O)C2CCCN2C(=O)CN(C)C(=O)OC(C)(C)C)cc2ccc(C#N)cc21. The Bertz CT molecular complexity index is 1270. The van der Waals surface area contributed by atoms with Gasteiger partial charge in [0, 0.05) is 43.9 Å². The first-order valence-electron chi connectivity index (χ1n) is 14.1. The maximum Gasteiger partial charge on any atom is 0.410 e. The van der Waals surface area contributed by atoms with E-state index in [0.29, 0.717) is 25.1 Å². The molecule has 1 aromatic heterocycles. The number of hydrogen-bond donors (Lipinski definition) is 0. The Morgan fingerprint density at radius 1 is 1.10 bits per heavy atom. The fourth-order valence-electron chi connectivity index (χ4n) is 5.91. The van der Waals surface area contributed by atoms with Crippen LogP contribution in [0.25, 0.3) is 10.9 Å². The van der Waals surface area contributed by atoms with Crippen LogP contribution in [0, 0.1) is 11.3 Å². The second-order valence-electron chi connectivity index (χ2n) is 11.7. The number of nitrogens with zero attached hydrogens (tertiary/aromatic N) is 5. The summed E-state index contributed by atoms with van der Waals surface area (Å²) < 4.78 is 7.63. The Balaban J connectivity index is 1.40. The molecule has 39 heavy (non-hydrogen) atoms. The molecule has 0 radical (unpaired) electrons. The zero-order valence-corrected chi connectivity index (χ0v) is 23.9. The van der Waals surface area contributed by atoms with Gasteiger partial charge >= 0.3 is 6.09 Å². The number of amides is 3. The molecule has 9 heteroatoms. The van der Waals surface area contributed by atoms with Gasteiger partial charge in [-0.25, -0.2) is 4.79 Å². The maximum atomic E-state index is 13.7. The number of carbonyl (C=O) groups excluding carboxylic acids is 3. The highest BCUT2D eigenvalue weighted by Crippen LogP contribution is 2.29. The Morgan fingerprint density at radius 3 is 2.51 bits per heavy atom. The fraction of sp³-hybridized carbons (Fsp3) is 0.600. The fourth-order valence-corrected chi connectivity index (χ4v) is 5.91. The van der Waals surface area contributed by atoms with Crippen molar-refractivity contribution in [3.05, 3.63) is 35.5 Å². The van der Waals surface area contributed by atoms with Crippen LogP contribution in [0.1, 0.15) is 71.1 Å². The lowest BCUT2D eigenvalue weighted by Crippen LogP contribution is -2.51. The molecule has 2 unspecified atom stereocenters. The molecule has 4 rings (SSSR count). The first-order valence-corrected chi connectivity index (χ1v) is 14.1. The number of ether oxygens (including phenoxy) is 1. The molecule has 1 aromatic carbocycles. The third-order valence-electron chi connectivity index (χ3n) is 7.77. The summed E-state index contributed by atoms with van der Waals surface area (Å²) in [5.74, 6) is -0.197. The van der Waals surface area contributed by atoms with Gasteiger partial charge in [-0.2, -0.15) is 5.26 Å². The summed E-state index contributed by atoms with van der Waals surface area (Å²) in [5.41, 5.74) is 2.30. The van der Waals surface area contributed by atoms with Crippen LogP contribution in [0.2, 0.25) is 0 Å². The van der Waals surface area contributed by atoms with Gasteiger partial charge < -0.3 is 24.0 Å². The third-order valence-corrected chi connectivity index (χ3v) is 7.77. The average Bonchev–Trinajstić information content (AvgIpc) is 3.63. The van der Waals surface area contributed by atoms with Crippen LogP contribution in [-0.4, -0.2) is 81.5 Å². The highest BCUT2D eigenvalue weighted by atomic mass is 16.6. The van der Waals surface area contributed by atoms with Crippen molar-refractivity contribution < 1.29 is 19.1 Å². The van der Waals surface area contributed by atoms with Gasteiger partial charge in [0.2, 0.25) is 11.8 Å². The molecule has 0 bridgehead atoms. The van der Waals surface area contributed by atoms with Gasteiger partial charge in [0.25, 0.3) is 0 Å². The lowest BCUT2D eigenvalue weighted by Gasteiger charge is -2.32. The zero-order chi connectivity index (χ0) is 28.3. The number of benzene rings is 1. The van der Waals surface area contributed by atoms with E-state index >= 15 is 0 Å². The summed E-state index contributed by atoms with van der Waals surface area (Å²) in [7, 11) is 1.55. The first kappa shape index (κ1) is 28.5. The summed E-state index contributed by atoms with van der Waals surface area (Å²) in [6.45, 7) is 9.41. The number of likely N-dealkylation sites (N-methyl/N-ethyl adjacent to an activating group) is 1. The van der Waals surface area contributed by atoms with Crippen molar-refractivity contribution in [2.75, 3.05) is 26.7 Å². The van der Waals surface area contributed by atoms with Gasteiger partial charge in [0.1, 0.15) is 18.2 Å². The lowest BCUT2D eigenvalue weighted by molar-refractivity contribution is -0.144. The van der Waals surface area contributed by atoms with Crippen LogP contribution in [0.5, 0.6) is 0 Å². The van der Waals surface area contributed by atoms with Gasteiger partial charge in [-0.05, 0) is 89.8 Å². The van der Waals surface area contributed by atoms with Crippen LogP contribution >= 0.6 is 0 Å². The third kappa shape index (κ3) is 6.38. The molecule has 3 amide bonds. The van der Waals surface area contributed by atoms with Crippen molar-refractivity contribution in [2.45, 2.75) is 90.4 Å². The predicted molar refractivity (Wildman–Crippen MR) is 149 cm³/mol. The number of aryl methyl sites for hydroxylation is 2. The minimum absolute atomic E-state index is 0.0259. The van der Waals surface area contributed by atoms with E-state index in [-0.39, 0.29) is 24.4 Å². The number of carbonyl (C=O) groups is 3. The number of likely N-dealkylation sites (tertiary alicyclic amines) is 2. The predicted octanol–water partition coefficient (Wildman–Crippen LogP) is 4.31. The molecule has 2 aliphatic rings. The van der Waals surface area contributed by atoms with E-state index in [1.807, 2.05) is 23.1 Å². The molecule has 9 nitrogen and oxygen atoms in total. The highest BCUT2D eigenvalue weighted by Gasteiger charge is 2.40. The Labute approximate surface area is 231 Å². The van der Waals surface area contributed by atoms with E-state index < -0.39 is 17.7 Å². The van der Waals surface area contributed by atoms with Gasteiger partial charge in [-0.1, -0.05) is 6.07 Å². The van der Waals surface area contributed by atoms with Gasteiger partial charge in [0.05, 0.1) is 11.6 Å². The van der Waals surface area contributed by atoms with Crippen LogP contribution in [0.3, 0.4) is 0 Å². The Morgan fingerprint density at radius 2 is 1.82 bits per heavy atom. The molecule has 0 N–H and O–H groups in total. The van der Waals surface area contributed by atoms with Crippen molar-refractivity contribution in [2.24, 2.45) is 0 Å². The Kier molecular flexibility index (Phi) is 8.53. The number of nitriles is 1. The molecular formula is C30H41N5O4. The molecule has 2 aliphatic heterocycles. The van der Waals surface area contributed by atoms with Gasteiger partial charge in [-0.3, -0.25) is 9.59 Å². The molecule has 210 valence electrons. The first-order chi connectivity index (χ1) is 18.5. The molecule has 2 saturated heterocycles. The quantitative estimate of drug-likeness (QED) is 0.526. The standard InChI is InChI=1S/C30H41N5O4/c1-6-33-24(18-22-12-11-21(19-31)17-26(22)33)14-13-23-9-7-15-34(23)28(37)25-10-8-16-35(25)27(36)20-32(5)29(38)39-30(2,3)4/h11-12,17-18,23,25H,6-10,13-16,20H2,1-5H3. The van der Waals surface area contributed by atoms with E-state index in [1.165, 1.54) is 10.6 Å². The molecule has 2 aromatic rings. The van der Waals surface area contributed by atoms with E-state index in [2.05, 4.69) is 23.6 Å². The van der Waals surface area contributed by atoms with Crippen LogP contribution in [-0.2, 0) is 27.3 Å². The number of aromatic nitrogens is 1. The minimum atomic E-state index is -0.642. The summed E-state index contributed by atoms with van der Waals surface area (Å²) in [6, 6.07) is 9.88. The summed E-state index contributed by atoms with van der Waals surface area (Å²) in [5, 5.41) is 10.4. The van der Waals surface area contributed by atoms with Crippen LogP contribution in [0.15, 0.2) is 24.3 Å². The zero-order valence-electron chi connectivity index (χ0n) is 23.9. The molecule has 2 atom stereocenters. The maximum absolute atomic E-state index is 13.7. The van der Waals surface area contributed by atoms with Crippen LogP contribution < -0.4 is 0 Å².